The van der Waals surface area contributed by atoms with E-state index < -0.39 is 0 Å². The number of benzene rings is 1. The Balaban J connectivity index is 2.50. The second-order valence-corrected chi connectivity index (χ2v) is 4.55. The van der Waals surface area contributed by atoms with Gasteiger partial charge in [-0.25, -0.2) is 9.67 Å². The summed E-state index contributed by atoms with van der Waals surface area (Å²) in [4.78, 5) is 4.46. The predicted octanol–water partition coefficient (Wildman–Crippen LogP) is 1.96. The van der Waals surface area contributed by atoms with Crippen LogP contribution < -0.4 is 10.5 Å². The van der Waals surface area contributed by atoms with Crippen LogP contribution in [-0.4, -0.2) is 21.4 Å². The largest absolute Gasteiger partial charge is 0.494 e. The first kappa shape index (κ1) is 13.5. The Morgan fingerprint density at radius 3 is 2.58 bits per heavy atom. The van der Waals surface area contributed by atoms with Gasteiger partial charge in [0, 0.05) is 12.6 Å². The molecule has 0 spiro atoms. The van der Waals surface area contributed by atoms with E-state index in [4.69, 9.17) is 10.5 Å². The SMILES string of the molecule is CCOc1cc(C)c(-c2nc(CN)nn2C)cc1C. The van der Waals surface area contributed by atoms with Crippen molar-refractivity contribution < 1.29 is 4.74 Å². The van der Waals surface area contributed by atoms with Gasteiger partial charge in [0.05, 0.1) is 13.2 Å². The normalized spacial score (nSPS) is 10.8. The molecule has 2 N–H and O–H groups in total. The van der Waals surface area contributed by atoms with Gasteiger partial charge in [-0.05, 0) is 44.0 Å². The Kier molecular flexibility index (Phi) is 3.85. The lowest BCUT2D eigenvalue weighted by Gasteiger charge is -2.11. The highest BCUT2D eigenvalue weighted by Crippen LogP contribution is 2.29. The standard InChI is InChI=1S/C14H20N4O/c1-5-19-12-7-9(2)11(6-10(12)3)14-16-13(8-15)17-18(14)4/h6-7H,5,8,15H2,1-4H3. The van der Waals surface area contributed by atoms with Crippen molar-refractivity contribution in [3.8, 4) is 17.1 Å². The topological polar surface area (TPSA) is 66.0 Å². The minimum absolute atomic E-state index is 0.350. The second-order valence-electron chi connectivity index (χ2n) is 4.55. The van der Waals surface area contributed by atoms with E-state index in [0.717, 1.165) is 28.3 Å². The number of hydrogen-bond acceptors (Lipinski definition) is 4. The van der Waals surface area contributed by atoms with Crippen molar-refractivity contribution in [3.05, 3.63) is 29.1 Å². The van der Waals surface area contributed by atoms with Crippen LogP contribution in [0.2, 0.25) is 0 Å². The monoisotopic (exact) mass is 260 g/mol. The van der Waals surface area contributed by atoms with Crippen LogP contribution in [0.15, 0.2) is 12.1 Å². The van der Waals surface area contributed by atoms with Crippen LogP contribution >= 0.6 is 0 Å². The smallest absolute Gasteiger partial charge is 0.164 e. The molecule has 1 aromatic heterocycles. The third kappa shape index (κ3) is 2.61. The summed E-state index contributed by atoms with van der Waals surface area (Å²) in [7, 11) is 1.88. The van der Waals surface area contributed by atoms with Crippen molar-refractivity contribution >= 4 is 0 Å². The molecule has 2 rings (SSSR count). The molecule has 0 unspecified atom stereocenters. The van der Waals surface area contributed by atoms with E-state index in [1.165, 1.54) is 0 Å². The van der Waals surface area contributed by atoms with Crippen LogP contribution in [0.3, 0.4) is 0 Å². The maximum atomic E-state index is 5.60. The summed E-state index contributed by atoms with van der Waals surface area (Å²) in [6.07, 6.45) is 0. The Labute approximate surface area is 113 Å². The van der Waals surface area contributed by atoms with E-state index in [9.17, 15) is 0 Å². The molecule has 19 heavy (non-hydrogen) atoms. The van der Waals surface area contributed by atoms with Gasteiger partial charge in [0.15, 0.2) is 11.6 Å². The average molecular weight is 260 g/mol. The molecule has 0 saturated heterocycles. The van der Waals surface area contributed by atoms with Crippen molar-refractivity contribution in [3.63, 3.8) is 0 Å². The zero-order valence-corrected chi connectivity index (χ0v) is 11.9. The van der Waals surface area contributed by atoms with Gasteiger partial charge in [0.25, 0.3) is 0 Å². The van der Waals surface area contributed by atoms with E-state index in [1.54, 1.807) is 4.68 Å². The van der Waals surface area contributed by atoms with Crippen molar-refractivity contribution in [2.75, 3.05) is 6.61 Å². The number of ether oxygens (including phenoxy) is 1. The van der Waals surface area contributed by atoms with Crippen molar-refractivity contribution in [1.82, 2.24) is 14.8 Å². The van der Waals surface area contributed by atoms with E-state index in [1.807, 2.05) is 33.9 Å². The minimum atomic E-state index is 0.350. The zero-order valence-electron chi connectivity index (χ0n) is 11.9. The van der Waals surface area contributed by atoms with Gasteiger partial charge in [0.1, 0.15) is 5.75 Å². The van der Waals surface area contributed by atoms with Crippen molar-refractivity contribution in [2.24, 2.45) is 12.8 Å². The molecule has 0 amide bonds. The van der Waals surface area contributed by atoms with Gasteiger partial charge in [0.2, 0.25) is 0 Å². The summed E-state index contributed by atoms with van der Waals surface area (Å²) in [5, 5.41) is 4.28. The maximum Gasteiger partial charge on any atom is 0.164 e. The molecule has 2 aromatic rings. The molecule has 0 aliphatic heterocycles. The highest BCUT2D eigenvalue weighted by molar-refractivity contribution is 5.63. The lowest BCUT2D eigenvalue weighted by atomic mass is 10.0. The van der Waals surface area contributed by atoms with Gasteiger partial charge in [-0.3, -0.25) is 0 Å². The summed E-state index contributed by atoms with van der Waals surface area (Å²) in [6, 6.07) is 4.13. The summed E-state index contributed by atoms with van der Waals surface area (Å²) in [6.45, 7) is 7.09. The van der Waals surface area contributed by atoms with Crippen LogP contribution in [0.25, 0.3) is 11.4 Å². The number of nitrogens with two attached hydrogens (primary N) is 1. The lowest BCUT2D eigenvalue weighted by molar-refractivity contribution is 0.337. The zero-order chi connectivity index (χ0) is 14.0. The molecule has 0 bridgehead atoms. The molecule has 5 nitrogen and oxygen atoms in total. The fourth-order valence-corrected chi connectivity index (χ4v) is 2.10. The fourth-order valence-electron chi connectivity index (χ4n) is 2.10. The number of rotatable bonds is 4. The second kappa shape index (κ2) is 5.40. The molecule has 0 aliphatic rings. The van der Waals surface area contributed by atoms with E-state index in [2.05, 4.69) is 16.1 Å². The molecule has 0 saturated carbocycles. The molecular weight excluding hydrogens is 240 g/mol. The average Bonchev–Trinajstić information content (AvgIpc) is 2.75. The quantitative estimate of drug-likeness (QED) is 0.912. The molecule has 102 valence electrons. The first-order chi connectivity index (χ1) is 9.06. The number of aryl methyl sites for hydroxylation is 3. The van der Waals surface area contributed by atoms with Crippen LogP contribution in [0, 0.1) is 13.8 Å². The molecule has 0 aliphatic carbocycles. The summed E-state index contributed by atoms with van der Waals surface area (Å²) >= 11 is 0. The first-order valence-electron chi connectivity index (χ1n) is 6.41. The Morgan fingerprint density at radius 2 is 2.00 bits per heavy atom. The molecule has 1 heterocycles. The molecule has 5 heteroatoms. The van der Waals surface area contributed by atoms with Gasteiger partial charge < -0.3 is 10.5 Å². The van der Waals surface area contributed by atoms with Crippen LogP contribution in [0.1, 0.15) is 23.9 Å². The lowest BCUT2D eigenvalue weighted by Crippen LogP contribution is -2.00. The van der Waals surface area contributed by atoms with Crippen molar-refractivity contribution in [1.29, 1.82) is 0 Å². The van der Waals surface area contributed by atoms with Gasteiger partial charge in [-0.15, -0.1) is 0 Å². The van der Waals surface area contributed by atoms with E-state index in [-0.39, 0.29) is 0 Å². The predicted molar refractivity (Wildman–Crippen MR) is 75.0 cm³/mol. The maximum absolute atomic E-state index is 5.60. The Hall–Kier alpha value is -1.88. The van der Waals surface area contributed by atoms with Gasteiger partial charge in [-0.1, -0.05) is 0 Å². The van der Waals surface area contributed by atoms with E-state index in [0.29, 0.717) is 19.0 Å². The highest BCUT2D eigenvalue weighted by atomic mass is 16.5. The third-order valence-electron chi connectivity index (χ3n) is 3.05. The van der Waals surface area contributed by atoms with Crippen LogP contribution in [0.5, 0.6) is 5.75 Å². The molecular formula is C14H20N4O. The van der Waals surface area contributed by atoms with E-state index >= 15 is 0 Å². The number of nitrogens with zero attached hydrogens (tertiary/aromatic N) is 3. The third-order valence-corrected chi connectivity index (χ3v) is 3.05. The molecule has 0 atom stereocenters. The number of aromatic nitrogens is 3. The number of hydrogen-bond donors (Lipinski definition) is 1. The Bertz CT molecular complexity index is 589. The van der Waals surface area contributed by atoms with Crippen LogP contribution in [-0.2, 0) is 13.6 Å². The Morgan fingerprint density at radius 1 is 1.26 bits per heavy atom. The molecule has 1 aromatic carbocycles. The highest BCUT2D eigenvalue weighted by Gasteiger charge is 2.13. The summed E-state index contributed by atoms with van der Waals surface area (Å²) in [5.74, 6) is 2.41. The molecule has 0 radical (unpaired) electrons. The van der Waals surface area contributed by atoms with Gasteiger partial charge in [-0.2, -0.15) is 5.10 Å². The molecule has 0 fully saturated rings. The fraction of sp³-hybridized carbons (Fsp3) is 0.429. The summed E-state index contributed by atoms with van der Waals surface area (Å²) < 4.78 is 7.37. The minimum Gasteiger partial charge on any atom is -0.494 e. The summed E-state index contributed by atoms with van der Waals surface area (Å²) in [5.41, 5.74) is 8.86. The van der Waals surface area contributed by atoms with Gasteiger partial charge >= 0.3 is 0 Å². The van der Waals surface area contributed by atoms with Crippen LogP contribution in [0.4, 0.5) is 0 Å². The first-order valence-corrected chi connectivity index (χ1v) is 6.41. The van der Waals surface area contributed by atoms with Crippen molar-refractivity contribution in [2.45, 2.75) is 27.3 Å².